The number of aromatic amines is 1. The van der Waals surface area contributed by atoms with Gasteiger partial charge in [0.2, 0.25) is 5.91 Å². The van der Waals surface area contributed by atoms with Crippen molar-refractivity contribution in [3.05, 3.63) is 64.8 Å². The summed E-state index contributed by atoms with van der Waals surface area (Å²) in [5.74, 6) is -0.139. The molecular weight excluding hydrogens is 352 g/mol. The highest BCUT2D eigenvalue weighted by atomic mass is 16.2. The summed E-state index contributed by atoms with van der Waals surface area (Å²) in [6.45, 7) is 4.39. The zero-order valence-corrected chi connectivity index (χ0v) is 16.7. The summed E-state index contributed by atoms with van der Waals surface area (Å²) in [5, 5.41) is 1.13. The van der Waals surface area contributed by atoms with Crippen LogP contribution in [0.3, 0.4) is 0 Å². The van der Waals surface area contributed by atoms with Gasteiger partial charge in [0.1, 0.15) is 0 Å². The number of nitrogens with one attached hydrogen (secondary N) is 1. The number of benzene rings is 2. The first-order valence-electron chi connectivity index (χ1n) is 9.19. The quantitative estimate of drug-likeness (QED) is 0.668. The van der Waals surface area contributed by atoms with Gasteiger partial charge in [-0.05, 0) is 42.3 Å². The first-order chi connectivity index (χ1) is 13.3. The van der Waals surface area contributed by atoms with Gasteiger partial charge in [0.05, 0.1) is 0 Å². The number of para-hydroxylation sites is 1. The molecule has 0 saturated carbocycles. The van der Waals surface area contributed by atoms with E-state index < -0.39 is 0 Å². The Kier molecular flexibility index (Phi) is 5.40. The average molecular weight is 378 g/mol. The van der Waals surface area contributed by atoms with Crippen molar-refractivity contribution >= 4 is 28.4 Å². The monoisotopic (exact) mass is 378 g/mol. The molecule has 146 valence electrons. The minimum Gasteiger partial charge on any atom is -0.398 e. The average Bonchev–Trinajstić information content (AvgIpc) is 2.98. The molecule has 0 saturated heterocycles. The number of amides is 2. The Morgan fingerprint density at radius 1 is 1.04 bits per heavy atom. The molecule has 3 rings (SSSR count). The fourth-order valence-electron chi connectivity index (χ4n) is 3.31. The van der Waals surface area contributed by atoms with E-state index in [-0.39, 0.29) is 11.8 Å². The van der Waals surface area contributed by atoms with Gasteiger partial charge in [0, 0.05) is 62.0 Å². The lowest BCUT2D eigenvalue weighted by atomic mass is 10.1. The number of carbonyl (C=O) groups is 2. The molecule has 0 aliphatic carbocycles. The van der Waals surface area contributed by atoms with Crippen LogP contribution in [-0.4, -0.2) is 40.7 Å². The Bertz CT molecular complexity index is 1040. The predicted octanol–water partition coefficient (Wildman–Crippen LogP) is 3.31. The summed E-state index contributed by atoms with van der Waals surface area (Å²) in [5.41, 5.74) is 11.2. The number of aromatic nitrogens is 1. The lowest BCUT2D eigenvalue weighted by Gasteiger charge is -2.20. The Hall–Kier alpha value is -3.28. The van der Waals surface area contributed by atoms with E-state index in [0.29, 0.717) is 24.3 Å². The van der Waals surface area contributed by atoms with Crippen LogP contribution in [0.5, 0.6) is 0 Å². The molecule has 6 heteroatoms. The van der Waals surface area contributed by atoms with Crippen molar-refractivity contribution in [2.45, 2.75) is 26.9 Å². The Morgan fingerprint density at radius 3 is 2.46 bits per heavy atom. The van der Waals surface area contributed by atoms with E-state index in [1.807, 2.05) is 25.1 Å². The summed E-state index contributed by atoms with van der Waals surface area (Å²) in [4.78, 5) is 31.1. The topological polar surface area (TPSA) is 82.4 Å². The highest BCUT2D eigenvalue weighted by Crippen LogP contribution is 2.24. The van der Waals surface area contributed by atoms with Gasteiger partial charge >= 0.3 is 0 Å². The summed E-state index contributed by atoms with van der Waals surface area (Å²) < 4.78 is 0. The standard InChI is InChI=1S/C22H26N4O2/c1-14-19(18-7-5-6-8-21(18)24-14)13-26(4)22(28)16-9-10-20(23)17(11-16)12-25(3)15(2)27/h5-11,24H,12-13,23H2,1-4H3. The molecule has 1 heterocycles. The summed E-state index contributed by atoms with van der Waals surface area (Å²) in [6, 6.07) is 13.3. The number of H-pyrrole nitrogens is 1. The number of aryl methyl sites for hydroxylation is 1. The van der Waals surface area contributed by atoms with Gasteiger partial charge in [-0.1, -0.05) is 18.2 Å². The molecule has 0 atom stereocenters. The summed E-state index contributed by atoms with van der Waals surface area (Å²) >= 11 is 0. The van der Waals surface area contributed by atoms with Crippen LogP contribution in [0.4, 0.5) is 5.69 Å². The van der Waals surface area contributed by atoms with Crippen LogP contribution in [0.15, 0.2) is 42.5 Å². The van der Waals surface area contributed by atoms with Crippen LogP contribution >= 0.6 is 0 Å². The van der Waals surface area contributed by atoms with E-state index in [0.717, 1.165) is 27.7 Å². The van der Waals surface area contributed by atoms with Crippen molar-refractivity contribution in [1.29, 1.82) is 0 Å². The van der Waals surface area contributed by atoms with Crippen LogP contribution in [-0.2, 0) is 17.9 Å². The number of carbonyl (C=O) groups excluding carboxylic acids is 2. The van der Waals surface area contributed by atoms with Gasteiger partial charge in [-0.25, -0.2) is 0 Å². The number of nitrogens with two attached hydrogens (primary N) is 1. The first kappa shape index (κ1) is 19.5. The molecule has 0 fully saturated rings. The molecule has 28 heavy (non-hydrogen) atoms. The van der Waals surface area contributed by atoms with E-state index in [1.165, 1.54) is 6.92 Å². The van der Waals surface area contributed by atoms with Gasteiger partial charge in [-0.2, -0.15) is 0 Å². The van der Waals surface area contributed by atoms with Crippen LogP contribution < -0.4 is 5.73 Å². The molecule has 3 N–H and O–H groups in total. The molecule has 3 aromatic rings. The van der Waals surface area contributed by atoms with Gasteiger partial charge in [-0.3, -0.25) is 9.59 Å². The lowest BCUT2D eigenvalue weighted by molar-refractivity contribution is -0.128. The maximum absolute atomic E-state index is 13.0. The predicted molar refractivity (Wildman–Crippen MR) is 112 cm³/mol. The molecular formula is C22H26N4O2. The molecule has 2 aromatic carbocycles. The number of anilines is 1. The molecule has 0 radical (unpaired) electrons. The first-order valence-corrected chi connectivity index (χ1v) is 9.19. The SMILES string of the molecule is CC(=O)N(C)Cc1cc(C(=O)N(C)Cc2c(C)[nH]c3ccccc23)ccc1N. The highest BCUT2D eigenvalue weighted by molar-refractivity contribution is 5.95. The number of nitrogens with zero attached hydrogens (tertiary/aromatic N) is 2. The van der Waals surface area contributed by atoms with Crippen LogP contribution in [0.1, 0.15) is 34.1 Å². The van der Waals surface area contributed by atoms with Gasteiger partial charge in [-0.15, -0.1) is 0 Å². The van der Waals surface area contributed by atoms with Crippen LogP contribution in [0, 0.1) is 6.92 Å². The minimum atomic E-state index is -0.0867. The second-order valence-electron chi connectivity index (χ2n) is 7.22. The number of rotatable bonds is 5. The molecule has 0 bridgehead atoms. The number of hydrogen-bond donors (Lipinski definition) is 2. The zero-order valence-electron chi connectivity index (χ0n) is 16.7. The number of hydrogen-bond acceptors (Lipinski definition) is 3. The van der Waals surface area contributed by atoms with Crippen molar-refractivity contribution in [1.82, 2.24) is 14.8 Å². The van der Waals surface area contributed by atoms with E-state index in [9.17, 15) is 9.59 Å². The van der Waals surface area contributed by atoms with E-state index in [1.54, 1.807) is 42.1 Å². The number of fused-ring (bicyclic) bond motifs is 1. The fourth-order valence-corrected chi connectivity index (χ4v) is 3.31. The van der Waals surface area contributed by atoms with Crippen molar-refractivity contribution in [2.24, 2.45) is 0 Å². The van der Waals surface area contributed by atoms with Crippen molar-refractivity contribution in [3.63, 3.8) is 0 Å². The third kappa shape index (κ3) is 3.86. The minimum absolute atomic E-state index is 0.0527. The van der Waals surface area contributed by atoms with E-state index in [2.05, 4.69) is 11.1 Å². The van der Waals surface area contributed by atoms with E-state index >= 15 is 0 Å². The van der Waals surface area contributed by atoms with Crippen molar-refractivity contribution in [3.8, 4) is 0 Å². The lowest BCUT2D eigenvalue weighted by Crippen LogP contribution is -2.27. The van der Waals surface area contributed by atoms with Gasteiger partial charge in [0.25, 0.3) is 5.91 Å². The van der Waals surface area contributed by atoms with Crippen LogP contribution in [0.25, 0.3) is 10.9 Å². The van der Waals surface area contributed by atoms with E-state index in [4.69, 9.17) is 5.73 Å². The highest BCUT2D eigenvalue weighted by Gasteiger charge is 2.17. The van der Waals surface area contributed by atoms with Gasteiger partial charge in [0.15, 0.2) is 0 Å². The van der Waals surface area contributed by atoms with Gasteiger partial charge < -0.3 is 20.5 Å². The largest absolute Gasteiger partial charge is 0.398 e. The second-order valence-corrected chi connectivity index (χ2v) is 7.22. The Balaban J connectivity index is 1.83. The zero-order chi connectivity index (χ0) is 20.4. The van der Waals surface area contributed by atoms with Crippen molar-refractivity contribution in [2.75, 3.05) is 19.8 Å². The molecule has 2 amide bonds. The summed E-state index contributed by atoms with van der Waals surface area (Å²) in [7, 11) is 3.50. The van der Waals surface area contributed by atoms with Crippen LogP contribution in [0.2, 0.25) is 0 Å². The maximum atomic E-state index is 13.0. The fraction of sp³-hybridized carbons (Fsp3) is 0.273. The molecule has 0 aliphatic heterocycles. The maximum Gasteiger partial charge on any atom is 0.253 e. The smallest absolute Gasteiger partial charge is 0.253 e. The normalized spacial score (nSPS) is 10.9. The number of nitrogen functional groups attached to an aromatic ring is 1. The third-order valence-corrected chi connectivity index (χ3v) is 5.10. The Labute approximate surface area is 164 Å². The second kappa shape index (κ2) is 7.76. The third-order valence-electron chi connectivity index (χ3n) is 5.10. The summed E-state index contributed by atoms with van der Waals surface area (Å²) in [6.07, 6.45) is 0. The van der Waals surface area contributed by atoms with Crippen molar-refractivity contribution < 1.29 is 9.59 Å². The molecule has 0 unspecified atom stereocenters. The molecule has 0 aliphatic rings. The molecule has 6 nitrogen and oxygen atoms in total. The molecule has 0 spiro atoms. The molecule has 1 aromatic heterocycles. The Morgan fingerprint density at radius 2 is 1.75 bits per heavy atom.